The SMILES string of the molecule is COCC(=O)N[C@@H](Cc1ccc(C(C)(C)C)cc1)C(=O)O. The second-order valence-corrected chi connectivity index (χ2v) is 6.04. The van der Waals surface area contributed by atoms with Crippen molar-refractivity contribution in [3.63, 3.8) is 0 Å². The van der Waals surface area contributed by atoms with Crippen LogP contribution in [0.15, 0.2) is 24.3 Å². The molecule has 0 saturated carbocycles. The summed E-state index contributed by atoms with van der Waals surface area (Å²) in [4.78, 5) is 22.6. The van der Waals surface area contributed by atoms with Gasteiger partial charge in [0.15, 0.2) is 0 Å². The highest BCUT2D eigenvalue weighted by Crippen LogP contribution is 2.22. The van der Waals surface area contributed by atoms with E-state index in [2.05, 4.69) is 30.8 Å². The summed E-state index contributed by atoms with van der Waals surface area (Å²) < 4.78 is 4.68. The van der Waals surface area contributed by atoms with Gasteiger partial charge in [-0.1, -0.05) is 45.0 Å². The van der Waals surface area contributed by atoms with Gasteiger partial charge in [-0.2, -0.15) is 0 Å². The molecule has 0 aliphatic carbocycles. The highest BCUT2D eigenvalue weighted by Gasteiger charge is 2.20. The van der Waals surface area contributed by atoms with Crippen molar-refractivity contribution in [1.82, 2.24) is 5.32 Å². The highest BCUT2D eigenvalue weighted by molar-refractivity contribution is 5.84. The zero-order chi connectivity index (χ0) is 16.0. The average Bonchev–Trinajstić information content (AvgIpc) is 2.37. The van der Waals surface area contributed by atoms with E-state index in [4.69, 9.17) is 0 Å². The molecule has 0 aliphatic rings. The van der Waals surface area contributed by atoms with Crippen molar-refractivity contribution < 1.29 is 19.4 Å². The molecule has 5 nitrogen and oxygen atoms in total. The maximum absolute atomic E-state index is 11.4. The summed E-state index contributed by atoms with van der Waals surface area (Å²) in [5.41, 5.74) is 2.10. The Morgan fingerprint density at radius 2 is 1.81 bits per heavy atom. The molecule has 21 heavy (non-hydrogen) atoms. The number of rotatable bonds is 6. The molecule has 0 aliphatic heterocycles. The van der Waals surface area contributed by atoms with Gasteiger partial charge in [-0.3, -0.25) is 4.79 Å². The number of carbonyl (C=O) groups excluding carboxylic acids is 1. The first-order valence-corrected chi connectivity index (χ1v) is 6.84. The van der Waals surface area contributed by atoms with E-state index in [1.54, 1.807) is 0 Å². The summed E-state index contributed by atoms with van der Waals surface area (Å²) in [5, 5.41) is 11.6. The fourth-order valence-corrected chi connectivity index (χ4v) is 1.94. The van der Waals surface area contributed by atoms with Crippen LogP contribution in [-0.4, -0.2) is 36.7 Å². The van der Waals surface area contributed by atoms with Crippen molar-refractivity contribution in [3.8, 4) is 0 Å². The fraction of sp³-hybridized carbons (Fsp3) is 0.500. The number of aliphatic carboxylic acids is 1. The van der Waals surface area contributed by atoms with Gasteiger partial charge in [-0.25, -0.2) is 4.79 Å². The smallest absolute Gasteiger partial charge is 0.326 e. The third-order valence-electron chi connectivity index (χ3n) is 3.17. The maximum Gasteiger partial charge on any atom is 0.326 e. The van der Waals surface area contributed by atoms with Gasteiger partial charge in [-0.05, 0) is 16.5 Å². The normalized spacial score (nSPS) is 12.8. The number of methoxy groups -OCH3 is 1. The first-order chi connectivity index (χ1) is 9.74. The van der Waals surface area contributed by atoms with Gasteiger partial charge < -0.3 is 15.2 Å². The first kappa shape index (κ1) is 17.2. The van der Waals surface area contributed by atoms with Crippen LogP contribution in [0, 0.1) is 0 Å². The minimum absolute atomic E-state index is 0.0530. The summed E-state index contributed by atoms with van der Waals surface area (Å²) in [5.74, 6) is -1.49. The quantitative estimate of drug-likeness (QED) is 0.837. The number of benzene rings is 1. The zero-order valence-electron chi connectivity index (χ0n) is 13.0. The number of carboxylic acids is 1. The molecule has 0 bridgehead atoms. The molecule has 2 N–H and O–H groups in total. The first-order valence-electron chi connectivity index (χ1n) is 6.84. The van der Waals surface area contributed by atoms with Gasteiger partial charge in [-0.15, -0.1) is 0 Å². The Kier molecular flexibility index (Phi) is 5.90. The molecule has 0 aromatic heterocycles. The van der Waals surface area contributed by atoms with Crippen molar-refractivity contribution in [2.45, 2.75) is 38.6 Å². The average molecular weight is 293 g/mol. The standard InChI is InChI=1S/C16H23NO4/c1-16(2,3)12-7-5-11(6-8-12)9-13(15(19)20)17-14(18)10-21-4/h5-8,13H,9-10H2,1-4H3,(H,17,18)(H,19,20)/t13-/m0/s1. The van der Waals surface area contributed by atoms with Crippen LogP contribution in [0.4, 0.5) is 0 Å². The summed E-state index contributed by atoms with van der Waals surface area (Å²) >= 11 is 0. The Morgan fingerprint density at radius 3 is 2.24 bits per heavy atom. The topological polar surface area (TPSA) is 75.6 Å². The lowest BCUT2D eigenvalue weighted by atomic mass is 9.86. The lowest BCUT2D eigenvalue weighted by Gasteiger charge is -2.20. The van der Waals surface area contributed by atoms with Crippen LogP contribution in [0.25, 0.3) is 0 Å². The van der Waals surface area contributed by atoms with E-state index in [1.807, 2.05) is 24.3 Å². The van der Waals surface area contributed by atoms with Gasteiger partial charge in [0.25, 0.3) is 0 Å². The van der Waals surface area contributed by atoms with Crippen LogP contribution >= 0.6 is 0 Å². The zero-order valence-corrected chi connectivity index (χ0v) is 13.0. The third kappa shape index (κ3) is 5.55. The Hall–Kier alpha value is -1.88. The predicted octanol–water partition coefficient (Wildman–Crippen LogP) is 1.74. The lowest BCUT2D eigenvalue weighted by Crippen LogP contribution is -2.43. The molecule has 1 amide bonds. The monoisotopic (exact) mass is 293 g/mol. The summed E-state index contributed by atoms with van der Waals surface area (Å²) in [6.45, 7) is 6.21. The molecule has 1 aromatic carbocycles. The third-order valence-corrected chi connectivity index (χ3v) is 3.17. The van der Waals surface area contributed by atoms with E-state index in [9.17, 15) is 14.7 Å². The number of nitrogens with one attached hydrogen (secondary N) is 1. The second-order valence-electron chi connectivity index (χ2n) is 6.04. The minimum Gasteiger partial charge on any atom is -0.480 e. The van der Waals surface area contributed by atoms with Crippen LogP contribution in [-0.2, 0) is 26.2 Å². The molecular formula is C16H23NO4. The molecule has 0 heterocycles. The Labute approximate surface area is 125 Å². The summed E-state index contributed by atoms with van der Waals surface area (Å²) in [6.07, 6.45) is 0.245. The largest absolute Gasteiger partial charge is 0.480 e. The summed E-state index contributed by atoms with van der Waals surface area (Å²) in [7, 11) is 1.39. The molecule has 0 spiro atoms. The Bertz CT molecular complexity index is 488. The van der Waals surface area contributed by atoms with E-state index < -0.39 is 17.9 Å². The Balaban J connectivity index is 2.76. The van der Waals surface area contributed by atoms with Crippen LogP contribution in [0.1, 0.15) is 31.9 Å². The second kappa shape index (κ2) is 7.22. The van der Waals surface area contributed by atoms with Gasteiger partial charge in [0, 0.05) is 13.5 Å². The van der Waals surface area contributed by atoms with Crippen molar-refractivity contribution >= 4 is 11.9 Å². The van der Waals surface area contributed by atoms with Crippen LogP contribution in [0.3, 0.4) is 0 Å². The minimum atomic E-state index is -1.06. The van der Waals surface area contributed by atoms with Gasteiger partial charge in [0.1, 0.15) is 12.6 Å². The molecule has 1 rings (SSSR count). The van der Waals surface area contributed by atoms with Crippen molar-refractivity contribution in [1.29, 1.82) is 0 Å². The number of amides is 1. The molecule has 0 radical (unpaired) electrons. The fourth-order valence-electron chi connectivity index (χ4n) is 1.94. The van der Waals surface area contributed by atoms with Crippen LogP contribution in [0.2, 0.25) is 0 Å². The molecule has 0 saturated heterocycles. The van der Waals surface area contributed by atoms with E-state index in [-0.39, 0.29) is 18.4 Å². The number of hydrogen-bond donors (Lipinski definition) is 2. The van der Waals surface area contributed by atoms with Crippen molar-refractivity contribution in [2.24, 2.45) is 0 Å². The lowest BCUT2D eigenvalue weighted by molar-refractivity contribution is -0.142. The molecule has 1 aromatic rings. The molecular weight excluding hydrogens is 270 g/mol. The van der Waals surface area contributed by atoms with E-state index in [1.165, 1.54) is 12.7 Å². The highest BCUT2D eigenvalue weighted by atomic mass is 16.5. The predicted molar refractivity (Wildman–Crippen MR) is 80.3 cm³/mol. The number of carbonyl (C=O) groups is 2. The number of ether oxygens (including phenoxy) is 1. The van der Waals surface area contributed by atoms with Gasteiger partial charge in [0.05, 0.1) is 0 Å². The number of hydrogen-bond acceptors (Lipinski definition) is 3. The van der Waals surface area contributed by atoms with Crippen molar-refractivity contribution in [2.75, 3.05) is 13.7 Å². The van der Waals surface area contributed by atoms with Gasteiger partial charge in [0.2, 0.25) is 5.91 Å². The molecule has 116 valence electrons. The van der Waals surface area contributed by atoms with E-state index >= 15 is 0 Å². The van der Waals surface area contributed by atoms with Crippen molar-refractivity contribution in [3.05, 3.63) is 35.4 Å². The molecule has 0 unspecified atom stereocenters. The van der Waals surface area contributed by atoms with E-state index in [0.717, 1.165) is 5.56 Å². The van der Waals surface area contributed by atoms with Crippen LogP contribution in [0.5, 0.6) is 0 Å². The molecule has 0 fully saturated rings. The van der Waals surface area contributed by atoms with Gasteiger partial charge >= 0.3 is 5.97 Å². The maximum atomic E-state index is 11.4. The summed E-state index contributed by atoms with van der Waals surface area (Å²) in [6, 6.07) is 6.84. The molecule has 1 atom stereocenters. The van der Waals surface area contributed by atoms with Crippen LogP contribution < -0.4 is 5.32 Å². The van der Waals surface area contributed by atoms with E-state index in [0.29, 0.717) is 0 Å². The Morgan fingerprint density at radius 1 is 1.24 bits per heavy atom. The number of carboxylic acid groups (broad SMARTS) is 1. The molecule has 5 heteroatoms.